The van der Waals surface area contributed by atoms with Gasteiger partial charge in [-0.05, 0) is 55.2 Å². The van der Waals surface area contributed by atoms with Crippen LogP contribution in [0.1, 0.15) is 35.1 Å². The molecule has 3 nitrogen and oxygen atoms in total. The molecule has 2 saturated heterocycles. The van der Waals surface area contributed by atoms with Gasteiger partial charge in [0.15, 0.2) is 0 Å². The molecular formula is C22H27FN2O. The van der Waals surface area contributed by atoms with Crippen molar-refractivity contribution in [3.8, 4) is 0 Å². The van der Waals surface area contributed by atoms with Gasteiger partial charge in [0, 0.05) is 38.6 Å². The van der Waals surface area contributed by atoms with E-state index in [4.69, 9.17) is 0 Å². The van der Waals surface area contributed by atoms with Gasteiger partial charge in [-0.2, -0.15) is 0 Å². The molecule has 2 aromatic rings. The quantitative estimate of drug-likeness (QED) is 0.909. The molecule has 0 atom stereocenters. The minimum absolute atomic E-state index is 0.140. The first-order valence-electron chi connectivity index (χ1n) is 9.37. The molecule has 26 heavy (non-hydrogen) atoms. The first kappa shape index (κ1) is 17.5. The summed E-state index contributed by atoms with van der Waals surface area (Å²) in [6.07, 6.45) is 0. The van der Waals surface area contributed by atoms with Gasteiger partial charge in [-0.15, -0.1) is 0 Å². The Balaban J connectivity index is 1.44. The van der Waals surface area contributed by atoms with Crippen LogP contribution in [0.5, 0.6) is 0 Å². The summed E-state index contributed by atoms with van der Waals surface area (Å²) in [4.78, 5) is 4.40. The zero-order valence-corrected chi connectivity index (χ0v) is 15.8. The monoisotopic (exact) mass is 354 g/mol. The summed E-state index contributed by atoms with van der Waals surface area (Å²) in [7, 11) is 0. The number of likely N-dealkylation sites (tertiary alicyclic amines) is 1. The molecule has 0 amide bonds. The van der Waals surface area contributed by atoms with Gasteiger partial charge in [0.05, 0.1) is 11.3 Å². The summed E-state index contributed by atoms with van der Waals surface area (Å²) >= 11 is 0. The van der Waals surface area contributed by atoms with E-state index in [0.717, 1.165) is 32.7 Å². The van der Waals surface area contributed by atoms with Crippen molar-refractivity contribution in [1.29, 1.82) is 0 Å². The van der Waals surface area contributed by atoms with Crippen molar-refractivity contribution in [3.63, 3.8) is 0 Å². The van der Waals surface area contributed by atoms with Crippen LogP contribution in [0.15, 0.2) is 36.4 Å². The Labute approximate surface area is 155 Å². The predicted molar refractivity (Wildman–Crippen MR) is 103 cm³/mol. The van der Waals surface area contributed by atoms with Gasteiger partial charge >= 0.3 is 0 Å². The van der Waals surface area contributed by atoms with Crippen molar-refractivity contribution in [1.82, 2.24) is 4.90 Å². The van der Waals surface area contributed by atoms with Crippen molar-refractivity contribution in [2.75, 3.05) is 31.1 Å². The Hall–Kier alpha value is -1.91. The van der Waals surface area contributed by atoms with Crippen LogP contribution in [0.3, 0.4) is 0 Å². The normalized spacial score (nSPS) is 20.0. The molecule has 2 aliphatic rings. The highest BCUT2D eigenvalue weighted by atomic mass is 19.1. The van der Waals surface area contributed by atoms with E-state index >= 15 is 0 Å². The first-order valence-corrected chi connectivity index (χ1v) is 9.37. The van der Waals surface area contributed by atoms with Crippen LogP contribution < -0.4 is 4.90 Å². The van der Waals surface area contributed by atoms with Gasteiger partial charge in [0.2, 0.25) is 0 Å². The standard InChI is InChI=1S/C22H27FN2O/c1-15-8-17(9-16(2)19(15)12-24-13-22(3,26)14-24)18-10-25(11-18)21-7-5-4-6-20(21)23/h4-9,18,26H,10-14H2,1-3H3. The Morgan fingerprint density at radius 3 is 2.31 bits per heavy atom. The summed E-state index contributed by atoms with van der Waals surface area (Å²) in [6.45, 7) is 10.4. The highest BCUT2D eigenvalue weighted by Crippen LogP contribution is 2.35. The van der Waals surface area contributed by atoms with Crippen LogP contribution in [-0.2, 0) is 6.54 Å². The van der Waals surface area contributed by atoms with Crippen LogP contribution in [0.2, 0.25) is 0 Å². The van der Waals surface area contributed by atoms with Gasteiger partial charge in [0.25, 0.3) is 0 Å². The van der Waals surface area contributed by atoms with E-state index in [1.54, 1.807) is 6.07 Å². The summed E-state index contributed by atoms with van der Waals surface area (Å²) in [5, 5.41) is 9.92. The number of hydrogen-bond donors (Lipinski definition) is 1. The Kier molecular flexibility index (Phi) is 4.28. The minimum atomic E-state index is -0.524. The van der Waals surface area contributed by atoms with Gasteiger partial charge in [-0.3, -0.25) is 4.90 Å². The molecular weight excluding hydrogens is 327 g/mol. The smallest absolute Gasteiger partial charge is 0.146 e. The second-order valence-electron chi connectivity index (χ2n) is 8.33. The molecule has 2 aromatic carbocycles. The molecule has 1 N–H and O–H groups in total. The maximum absolute atomic E-state index is 13.9. The van der Waals surface area contributed by atoms with Crippen LogP contribution in [0, 0.1) is 19.7 Å². The molecule has 0 aromatic heterocycles. The largest absolute Gasteiger partial charge is 0.388 e. The number of nitrogens with zero attached hydrogens (tertiary/aromatic N) is 2. The van der Waals surface area contributed by atoms with Gasteiger partial charge in [-0.25, -0.2) is 4.39 Å². The first-order chi connectivity index (χ1) is 12.3. The summed E-state index contributed by atoms with van der Waals surface area (Å²) in [6, 6.07) is 11.6. The fourth-order valence-electron chi connectivity index (χ4n) is 4.36. The number of anilines is 1. The number of aryl methyl sites for hydroxylation is 2. The maximum Gasteiger partial charge on any atom is 0.146 e. The molecule has 2 fully saturated rings. The van der Waals surface area contributed by atoms with E-state index in [2.05, 4.69) is 35.8 Å². The van der Waals surface area contributed by atoms with E-state index in [-0.39, 0.29) is 5.82 Å². The fourth-order valence-corrected chi connectivity index (χ4v) is 4.36. The summed E-state index contributed by atoms with van der Waals surface area (Å²) < 4.78 is 13.9. The SMILES string of the molecule is Cc1cc(C2CN(c3ccccc3F)C2)cc(C)c1CN1CC(C)(O)C1. The molecule has 0 radical (unpaired) electrons. The van der Waals surface area contributed by atoms with Crippen molar-refractivity contribution < 1.29 is 9.50 Å². The van der Waals surface area contributed by atoms with Crippen molar-refractivity contribution in [3.05, 3.63) is 64.5 Å². The van der Waals surface area contributed by atoms with Gasteiger partial charge in [0.1, 0.15) is 5.82 Å². The van der Waals surface area contributed by atoms with Crippen molar-refractivity contribution >= 4 is 5.69 Å². The predicted octanol–water partition coefficient (Wildman–Crippen LogP) is 3.61. The lowest BCUT2D eigenvalue weighted by Gasteiger charge is -2.45. The van der Waals surface area contributed by atoms with E-state index in [1.165, 1.54) is 28.3 Å². The molecule has 0 unspecified atom stereocenters. The number of β-amino-alcohol motifs (C(OH)–C–C–N with tert-alkyl or cyclic N) is 1. The number of hydrogen-bond acceptors (Lipinski definition) is 3. The van der Waals surface area contributed by atoms with E-state index in [0.29, 0.717) is 11.6 Å². The number of benzene rings is 2. The van der Waals surface area contributed by atoms with Crippen molar-refractivity contribution in [2.45, 2.75) is 38.8 Å². The number of para-hydroxylation sites is 1. The second kappa shape index (κ2) is 6.36. The lowest BCUT2D eigenvalue weighted by molar-refractivity contribution is -0.0872. The number of rotatable bonds is 4. The van der Waals surface area contributed by atoms with Gasteiger partial charge in [-0.1, -0.05) is 24.3 Å². The van der Waals surface area contributed by atoms with Gasteiger partial charge < -0.3 is 10.0 Å². The molecule has 2 aliphatic heterocycles. The molecule has 0 bridgehead atoms. The minimum Gasteiger partial charge on any atom is -0.388 e. The lowest BCUT2D eigenvalue weighted by Crippen LogP contribution is -2.59. The molecule has 0 saturated carbocycles. The zero-order chi connectivity index (χ0) is 18.5. The molecule has 4 heteroatoms. The Bertz CT molecular complexity index is 796. The Morgan fingerprint density at radius 2 is 1.73 bits per heavy atom. The van der Waals surface area contributed by atoms with Crippen LogP contribution >= 0.6 is 0 Å². The molecule has 0 aliphatic carbocycles. The van der Waals surface area contributed by atoms with E-state index < -0.39 is 5.60 Å². The third kappa shape index (κ3) is 3.24. The highest BCUT2D eigenvalue weighted by Gasteiger charge is 2.36. The second-order valence-corrected chi connectivity index (χ2v) is 8.33. The van der Waals surface area contributed by atoms with Crippen LogP contribution in [0.4, 0.5) is 10.1 Å². The maximum atomic E-state index is 13.9. The Morgan fingerprint density at radius 1 is 1.12 bits per heavy atom. The molecule has 2 heterocycles. The van der Waals surface area contributed by atoms with Crippen LogP contribution in [0.25, 0.3) is 0 Å². The highest BCUT2D eigenvalue weighted by molar-refractivity contribution is 5.52. The van der Waals surface area contributed by atoms with Crippen LogP contribution in [-0.4, -0.2) is 41.8 Å². The summed E-state index contributed by atoms with van der Waals surface area (Å²) in [5.41, 5.74) is 5.54. The van der Waals surface area contributed by atoms with Crippen molar-refractivity contribution in [2.24, 2.45) is 0 Å². The molecule has 4 rings (SSSR count). The van der Waals surface area contributed by atoms with E-state index in [9.17, 15) is 9.50 Å². The fraction of sp³-hybridized carbons (Fsp3) is 0.455. The average Bonchev–Trinajstić information content (AvgIpc) is 2.49. The topological polar surface area (TPSA) is 26.7 Å². The van der Waals surface area contributed by atoms with E-state index in [1.807, 2.05) is 19.1 Å². The summed E-state index contributed by atoms with van der Waals surface area (Å²) in [5.74, 6) is 0.324. The third-order valence-corrected chi connectivity index (χ3v) is 5.77. The number of halogens is 1. The average molecular weight is 354 g/mol. The number of aliphatic hydroxyl groups is 1. The zero-order valence-electron chi connectivity index (χ0n) is 15.8. The lowest BCUT2D eigenvalue weighted by atomic mass is 9.86. The third-order valence-electron chi connectivity index (χ3n) is 5.77. The molecule has 0 spiro atoms. The molecule has 138 valence electrons.